The van der Waals surface area contributed by atoms with Crippen LogP contribution in [0.4, 0.5) is 4.39 Å². The molecule has 0 unspecified atom stereocenters. The van der Waals surface area contributed by atoms with Crippen LogP contribution in [0.25, 0.3) is 5.69 Å². The van der Waals surface area contributed by atoms with E-state index in [-0.39, 0.29) is 19.0 Å². The van der Waals surface area contributed by atoms with E-state index in [4.69, 9.17) is 16.4 Å². The average Bonchev–Trinajstić information content (AvgIpc) is 3.08. The number of aliphatic imine (C=N–C) groups is 1. The summed E-state index contributed by atoms with van der Waals surface area (Å²) in [6.07, 6.45) is 0.993. The Morgan fingerprint density at radius 2 is 1.97 bits per heavy atom. The summed E-state index contributed by atoms with van der Waals surface area (Å²) in [5, 5.41) is 11.1. The molecule has 156 valence electrons. The van der Waals surface area contributed by atoms with E-state index < -0.39 is 0 Å². The second-order valence-corrected chi connectivity index (χ2v) is 7.41. The second kappa shape index (κ2) is 9.04. The van der Waals surface area contributed by atoms with Crippen LogP contribution in [0.15, 0.2) is 47.5 Å². The Morgan fingerprint density at radius 3 is 2.73 bits per heavy atom. The number of fused-ring (bicyclic) bond motifs is 3. The molecule has 0 aliphatic carbocycles. The van der Waals surface area contributed by atoms with E-state index in [2.05, 4.69) is 22.1 Å². The maximum atomic E-state index is 14.6. The summed E-state index contributed by atoms with van der Waals surface area (Å²) in [4.78, 5) is 10.6. The molecular weight excluding hydrogens is 405 g/mol. The summed E-state index contributed by atoms with van der Waals surface area (Å²) < 4.78 is 16.5. The van der Waals surface area contributed by atoms with Crippen molar-refractivity contribution in [2.45, 2.75) is 33.4 Å². The Kier molecular flexibility index (Phi) is 6.22. The van der Waals surface area contributed by atoms with Crippen molar-refractivity contribution in [2.75, 3.05) is 13.1 Å². The molecule has 0 saturated carbocycles. The lowest BCUT2D eigenvalue weighted by Gasteiger charge is -2.19. The predicted molar refractivity (Wildman–Crippen MR) is 114 cm³/mol. The van der Waals surface area contributed by atoms with E-state index >= 15 is 0 Å². The van der Waals surface area contributed by atoms with Crippen LogP contribution in [-0.4, -0.2) is 38.6 Å². The highest BCUT2D eigenvalue weighted by molar-refractivity contribution is 6.31. The van der Waals surface area contributed by atoms with Gasteiger partial charge in [0, 0.05) is 29.2 Å². The Labute approximate surface area is 179 Å². The highest BCUT2D eigenvalue weighted by atomic mass is 35.5. The Balaban J connectivity index is 1.77. The minimum atomic E-state index is -0.332. The Morgan fingerprint density at radius 1 is 1.13 bits per heavy atom. The van der Waals surface area contributed by atoms with Crippen molar-refractivity contribution >= 4 is 17.3 Å². The fourth-order valence-electron chi connectivity index (χ4n) is 3.55. The summed E-state index contributed by atoms with van der Waals surface area (Å²) in [5.74, 6) is 0.997. The Bertz CT molecular complexity index is 1080. The quantitative estimate of drug-likeness (QED) is 0.518. The molecule has 30 heavy (non-hydrogen) atoms. The van der Waals surface area contributed by atoms with Gasteiger partial charge in [0.15, 0.2) is 11.6 Å². The van der Waals surface area contributed by atoms with Crippen LogP contribution in [0.3, 0.4) is 0 Å². The maximum absolute atomic E-state index is 14.6. The first-order valence-electron chi connectivity index (χ1n) is 10.0. The van der Waals surface area contributed by atoms with E-state index in [1.165, 1.54) is 6.07 Å². The van der Waals surface area contributed by atoms with Gasteiger partial charge in [0.1, 0.15) is 19.0 Å². The highest BCUT2D eigenvalue weighted by Crippen LogP contribution is 2.29. The summed E-state index contributed by atoms with van der Waals surface area (Å²) in [5.41, 5.74) is 2.51. The highest BCUT2D eigenvalue weighted by Gasteiger charge is 2.24. The summed E-state index contributed by atoms with van der Waals surface area (Å²) >= 11 is 6.30. The van der Waals surface area contributed by atoms with Gasteiger partial charge in [-0.3, -0.25) is 14.4 Å². The van der Waals surface area contributed by atoms with E-state index in [0.29, 0.717) is 27.9 Å². The molecule has 0 fully saturated rings. The van der Waals surface area contributed by atoms with E-state index in [1.807, 2.05) is 22.6 Å². The monoisotopic (exact) mass is 427 g/mol. The largest absolute Gasteiger partial charge is 0.291 e. The van der Waals surface area contributed by atoms with Gasteiger partial charge in [-0.1, -0.05) is 37.6 Å². The number of hydroxylamine groups is 2. The van der Waals surface area contributed by atoms with E-state index in [0.717, 1.165) is 30.8 Å². The SMILES string of the molecule is CCCN(CC)OCc1nnc2n1-c1ccc(Cl)cc1C(c1ccccc1F)=NC2. The minimum absolute atomic E-state index is 0.273. The molecule has 4 rings (SSSR count). The molecular formula is C22H23ClFN5O. The summed E-state index contributed by atoms with van der Waals surface area (Å²) in [6.45, 7) is 6.32. The van der Waals surface area contributed by atoms with E-state index in [1.54, 1.807) is 30.3 Å². The van der Waals surface area contributed by atoms with E-state index in [9.17, 15) is 4.39 Å². The fourth-order valence-corrected chi connectivity index (χ4v) is 3.72. The van der Waals surface area contributed by atoms with Crippen molar-refractivity contribution in [1.82, 2.24) is 19.8 Å². The molecule has 0 radical (unpaired) electrons. The number of halogens is 2. The number of hydrogen-bond acceptors (Lipinski definition) is 5. The molecule has 0 spiro atoms. The number of rotatable bonds is 7. The summed E-state index contributed by atoms with van der Waals surface area (Å²) in [7, 11) is 0. The third-order valence-electron chi connectivity index (χ3n) is 4.96. The van der Waals surface area contributed by atoms with Gasteiger partial charge in [-0.05, 0) is 36.8 Å². The van der Waals surface area contributed by atoms with Crippen molar-refractivity contribution in [3.05, 3.63) is 76.1 Å². The van der Waals surface area contributed by atoms with Crippen LogP contribution >= 0.6 is 11.6 Å². The maximum Gasteiger partial charge on any atom is 0.165 e. The molecule has 3 aromatic rings. The number of nitrogens with zero attached hydrogens (tertiary/aromatic N) is 5. The molecule has 6 nitrogen and oxygen atoms in total. The van der Waals surface area contributed by atoms with Crippen LogP contribution < -0.4 is 0 Å². The zero-order valence-corrected chi connectivity index (χ0v) is 17.7. The van der Waals surface area contributed by atoms with Gasteiger partial charge in [0.05, 0.1) is 11.4 Å². The van der Waals surface area contributed by atoms with Gasteiger partial charge in [-0.15, -0.1) is 10.2 Å². The minimum Gasteiger partial charge on any atom is -0.291 e. The van der Waals surface area contributed by atoms with Gasteiger partial charge in [0.25, 0.3) is 0 Å². The van der Waals surface area contributed by atoms with Crippen molar-refractivity contribution < 1.29 is 9.23 Å². The molecule has 0 amide bonds. The smallest absolute Gasteiger partial charge is 0.165 e. The molecule has 1 aromatic heterocycles. The molecule has 1 aliphatic rings. The first-order chi connectivity index (χ1) is 14.6. The third-order valence-corrected chi connectivity index (χ3v) is 5.20. The molecule has 2 aromatic carbocycles. The number of hydrogen-bond donors (Lipinski definition) is 0. The molecule has 0 saturated heterocycles. The van der Waals surface area contributed by atoms with Crippen molar-refractivity contribution in [3.63, 3.8) is 0 Å². The zero-order valence-electron chi connectivity index (χ0n) is 17.0. The molecule has 0 bridgehead atoms. The number of benzene rings is 2. The zero-order chi connectivity index (χ0) is 21.1. The average molecular weight is 428 g/mol. The van der Waals surface area contributed by atoms with Crippen LogP contribution in [0.5, 0.6) is 0 Å². The van der Waals surface area contributed by atoms with Crippen LogP contribution in [-0.2, 0) is 18.0 Å². The van der Waals surface area contributed by atoms with Gasteiger partial charge in [-0.25, -0.2) is 4.39 Å². The summed E-state index contributed by atoms with van der Waals surface area (Å²) in [6, 6.07) is 12.1. The van der Waals surface area contributed by atoms with Crippen molar-refractivity contribution in [2.24, 2.45) is 4.99 Å². The van der Waals surface area contributed by atoms with Crippen molar-refractivity contribution in [1.29, 1.82) is 0 Å². The second-order valence-electron chi connectivity index (χ2n) is 6.97. The van der Waals surface area contributed by atoms with Gasteiger partial charge in [-0.2, -0.15) is 5.06 Å². The van der Waals surface area contributed by atoms with Gasteiger partial charge >= 0.3 is 0 Å². The lowest BCUT2D eigenvalue weighted by Crippen LogP contribution is -2.25. The normalized spacial score (nSPS) is 13.0. The molecule has 1 aliphatic heterocycles. The standard InChI is InChI=1S/C22H23ClFN5O/c1-3-11-28(4-2)30-14-21-27-26-20-13-25-22(16-7-5-6-8-18(16)24)17-12-15(23)9-10-19(17)29(20)21/h5-10,12H,3-4,11,13-14H2,1-2H3. The van der Waals surface area contributed by atoms with Crippen LogP contribution in [0, 0.1) is 5.82 Å². The first kappa shape index (κ1) is 20.7. The van der Waals surface area contributed by atoms with Crippen molar-refractivity contribution in [3.8, 4) is 5.69 Å². The van der Waals surface area contributed by atoms with Crippen LogP contribution in [0.1, 0.15) is 43.0 Å². The first-order valence-corrected chi connectivity index (χ1v) is 10.4. The lowest BCUT2D eigenvalue weighted by molar-refractivity contribution is -0.168. The Hall–Kier alpha value is -2.61. The molecule has 8 heteroatoms. The molecule has 0 atom stereocenters. The topological polar surface area (TPSA) is 55.5 Å². The lowest BCUT2D eigenvalue weighted by atomic mass is 10.00. The van der Waals surface area contributed by atoms with Crippen LogP contribution in [0.2, 0.25) is 5.02 Å². The molecule has 2 heterocycles. The number of aromatic nitrogens is 3. The molecule has 0 N–H and O–H groups in total. The fraction of sp³-hybridized carbons (Fsp3) is 0.318. The third kappa shape index (κ3) is 4.01. The predicted octanol–water partition coefficient (Wildman–Crippen LogP) is 4.57. The van der Waals surface area contributed by atoms with Gasteiger partial charge in [0.2, 0.25) is 0 Å². The van der Waals surface area contributed by atoms with Gasteiger partial charge < -0.3 is 0 Å².